The summed E-state index contributed by atoms with van der Waals surface area (Å²) >= 11 is 0. The van der Waals surface area contributed by atoms with Crippen molar-refractivity contribution in [1.82, 2.24) is 9.80 Å². The summed E-state index contributed by atoms with van der Waals surface area (Å²) in [6.07, 6.45) is 1.43. The summed E-state index contributed by atoms with van der Waals surface area (Å²) in [6, 6.07) is 16.0. The molecule has 1 atom stereocenters. The first-order valence-electron chi connectivity index (χ1n) is 10.0. The molecule has 30 heavy (non-hydrogen) atoms. The van der Waals surface area contributed by atoms with Crippen LogP contribution in [0.25, 0.3) is 0 Å². The van der Waals surface area contributed by atoms with Crippen LogP contribution < -0.4 is 4.90 Å². The van der Waals surface area contributed by atoms with E-state index in [-0.39, 0.29) is 18.2 Å². The smallest absolute Gasteiger partial charge is 0.247 e. The van der Waals surface area contributed by atoms with E-state index >= 15 is 0 Å². The zero-order valence-corrected chi connectivity index (χ0v) is 17.7. The van der Waals surface area contributed by atoms with Crippen molar-refractivity contribution in [3.8, 4) is 0 Å². The minimum Gasteiger partial charge on any atom is -0.369 e. The van der Waals surface area contributed by atoms with Crippen LogP contribution in [0.4, 0.5) is 5.69 Å². The van der Waals surface area contributed by atoms with Gasteiger partial charge in [0.25, 0.3) is 0 Å². The number of likely N-dealkylation sites (tertiary alicyclic amines) is 1. The standard InChI is InChI=1S/C22H25N3O4S/c1-30(28,29)19-9-7-18(8-10-19)23-11-13-24(14-12-23)20-15-21(26)25(22(20)27)16-17-5-3-2-4-6-17/h2-10,20H,11-16H2,1H3/t20-/m0/s1. The van der Waals surface area contributed by atoms with Crippen molar-refractivity contribution >= 4 is 27.3 Å². The van der Waals surface area contributed by atoms with Crippen molar-refractivity contribution in [2.24, 2.45) is 0 Å². The van der Waals surface area contributed by atoms with Gasteiger partial charge in [0.1, 0.15) is 0 Å². The molecule has 7 nitrogen and oxygen atoms in total. The topological polar surface area (TPSA) is 78.0 Å². The monoisotopic (exact) mass is 427 g/mol. The molecular formula is C22H25N3O4S. The van der Waals surface area contributed by atoms with Gasteiger partial charge < -0.3 is 4.90 Å². The maximum absolute atomic E-state index is 12.9. The number of amides is 2. The third kappa shape index (κ3) is 4.24. The lowest BCUT2D eigenvalue weighted by Gasteiger charge is -2.38. The van der Waals surface area contributed by atoms with Crippen LogP contribution in [0.1, 0.15) is 12.0 Å². The van der Waals surface area contributed by atoms with E-state index in [1.165, 1.54) is 11.2 Å². The Morgan fingerprint density at radius 3 is 2.13 bits per heavy atom. The summed E-state index contributed by atoms with van der Waals surface area (Å²) in [6.45, 7) is 3.11. The summed E-state index contributed by atoms with van der Waals surface area (Å²) in [4.78, 5) is 31.3. The van der Waals surface area contributed by atoms with Crippen LogP contribution in [0.3, 0.4) is 0 Å². The molecule has 2 fully saturated rings. The number of carbonyl (C=O) groups is 2. The van der Waals surface area contributed by atoms with Crippen LogP contribution in [0.15, 0.2) is 59.5 Å². The van der Waals surface area contributed by atoms with Gasteiger partial charge in [-0.1, -0.05) is 30.3 Å². The van der Waals surface area contributed by atoms with E-state index in [0.29, 0.717) is 24.5 Å². The summed E-state index contributed by atoms with van der Waals surface area (Å²) in [5.41, 5.74) is 1.91. The Hall–Kier alpha value is -2.71. The molecule has 0 spiro atoms. The lowest BCUT2D eigenvalue weighted by atomic mass is 10.1. The molecule has 158 valence electrons. The predicted molar refractivity (Wildman–Crippen MR) is 114 cm³/mol. The molecule has 2 aliphatic heterocycles. The van der Waals surface area contributed by atoms with Gasteiger partial charge in [0.15, 0.2) is 9.84 Å². The minimum atomic E-state index is -3.21. The fourth-order valence-corrected chi connectivity index (χ4v) is 4.71. The van der Waals surface area contributed by atoms with Crippen molar-refractivity contribution in [2.75, 3.05) is 37.3 Å². The average molecular weight is 428 g/mol. The van der Waals surface area contributed by atoms with Gasteiger partial charge in [-0.15, -0.1) is 0 Å². The molecule has 2 saturated heterocycles. The highest BCUT2D eigenvalue weighted by molar-refractivity contribution is 7.90. The first kappa shape index (κ1) is 20.6. The van der Waals surface area contributed by atoms with Crippen molar-refractivity contribution in [3.63, 3.8) is 0 Å². The van der Waals surface area contributed by atoms with E-state index < -0.39 is 15.9 Å². The molecule has 2 aliphatic rings. The molecular weight excluding hydrogens is 402 g/mol. The highest BCUT2D eigenvalue weighted by Crippen LogP contribution is 2.24. The molecule has 0 bridgehead atoms. The van der Waals surface area contributed by atoms with Gasteiger partial charge in [0, 0.05) is 38.1 Å². The van der Waals surface area contributed by atoms with Gasteiger partial charge in [-0.3, -0.25) is 19.4 Å². The van der Waals surface area contributed by atoms with Crippen LogP contribution in [0.5, 0.6) is 0 Å². The summed E-state index contributed by atoms with van der Waals surface area (Å²) < 4.78 is 23.3. The molecule has 0 aromatic heterocycles. The number of rotatable bonds is 5. The number of sulfone groups is 1. The Kier molecular flexibility index (Phi) is 5.62. The predicted octanol–water partition coefficient (Wildman–Crippen LogP) is 1.54. The molecule has 0 radical (unpaired) electrons. The summed E-state index contributed by atoms with van der Waals surface area (Å²) in [5.74, 6) is -0.234. The second kappa shape index (κ2) is 8.20. The van der Waals surface area contributed by atoms with Crippen molar-refractivity contribution in [1.29, 1.82) is 0 Å². The quantitative estimate of drug-likeness (QED) is 0.674. The second-order valence-corrected chi connectivity index (χ2v) is 9.83. The van der Waals surface area contributed by atoms with Crippen molar-refractivity contribution < 1.29 is 18.0 Å². The third-order valence-corrected chi connectivity index (χ3v) is 6.92. The first-order valence-corrected chi connectivity index (χ1v) is 11.9. The maximum Gasteiger partial charge on any atom is 0.247 e. The molecule has 2 aromatic rings. The maximum atomic E-state index is 12.9. The van der Waals surface area contributed by atoms with Gasteiger partial charge in [0.05, 0.1) is 23.9 Å². The van der Waals surface area contributed by atoms with Gasteiger partial charge >= 0.3 is 0 Å². The van der Waals surface area contributed by atoms with Crippen LogP contribution >= 0.6 is 0 Å². The van der Waals surface area contributed by atoms with E-state index in [2.05, 4.69) is 9.80 Å². The van der Waals surface area contributed by atoms with E-state index in [1.54, 1.807) is 12.1 Å². The second-order valence-electron chi connectivity index (χ2n) is 7.81. The average Bonchev–Trinajstić information content (AvgIpc) is 3.02. The lowest BCUT2D eigenvalue weighted by Crippen LogP contribution is -2.52. The molecule has 2 amide bonds. The Labute approximate surface area is 176 Å². The number of hydrogen-bond acceptors (Lipinski definition) is 6. The highest BCUT2D eigenvalue weighted by atomic mass is 32.2. The lowest BCUT2D eigenvalue weighted by molar-refractivity contribution is -0.140. The van der Waals surface area contributed by atoms with E-state index in [0.717, 1.165) is 24.3 Å². The fraction of sp³-hybridized carbons (Fsp3) is 0.364. The van der Waals surface area contributed by atoms with Crippen molar-refractivity contribution in [3.05, 3.63) is 60.2 Å². The number of carbonyl (C=O) groups excluding carboxylic acids is 2. The molecule has 0 aliphatic carbocycles. The molecule has 0 N–H and O–H groups in total. The molecule has 0 saturated carbocycles. The third-order valence-electron chi connectivity index (χ3n) is 5.79. The van der Waals surface area contributed by atoms with Crippen molar-refractivity contribution in [2.45, 2.75) is 23.9 Å². The summed E-state index contributed by atoms with van der Waals surface area (Å²) in [5, 5.41) is 0. The molecule has 2 heterocycles. The Morgan fingerprint density at radius 1 is 0.900 bits per heavy atom. The number of anilines is 1. The number of piperazine rings is 1. The van der Waals surface area contributed by atoms with Crippen LogP contribution in [-0.2, 0) is 26.0 Å². The number of hydrogen-bond donors (Lipinski definition) is 0. The largest absolute Gasteiger partial charge is 0.369 e. The SMILES string of the molecule is CS(=O)(=O)c1ccc(N2CCN([C@H]3CC(=O)N(Cc4ccccc4)C3=O)CC2)cc1. The number of benzene rings is 2. The van der Waals surface area contributed by atoms with Gasteiger partial charge in [-0.25, -0.2) is 8.42 Å². The van der Waals surface area contributed by atoms with E-state index in [1.807, 2.05) is 42.5 Å². The Morgan fingerprint density at radius 2 is 1.53 bits per heavy atom. The Bertz CT molecular complexity index is 1030. The highest BCUT2D eigenvalue weighted by Gasteiger charge is 2.42. The molecule has 2 aromatic carbocycles. The number of nitrogens with zero attached hydrogens (tertiary/aromatic N) is 3. The zero-order valence-electron chi connectivity index (χ0n) is 16.9. The number of imide groups is 1. The summed E-state index contributed by atoms with van der Waals surface area (Å²) in [7, 11) is -3.21. The molecule has 4 rings (SSSR count). The van der Waals surface area contributed by atoms with Gasteiger partial charge in [-0.2, -0.15) is 0 Å². The zero-order chi connectivity index (χ0) is 21.3. The molecule has 0 unspecified atom stereocenters. The van der Waals surface area contributed by atoms with Gasteiger partial charge in [-0.05, 0) is 29.8 Å². The van der Waals surface area contributed by atoms with Crippen LogP contribution in [0.2, 0.25) is 0 Å². The van der Waals surface area contributed by atoms with E-state index in [9.17, 15) is 18.0 Å². The first-order chi connectivity index (χ1) is 14.3. The van der Waals surface area contributed by atoms with Crippen LogP contribution in [0, 0.1) is 0 Å². The fourth-order valence-electron chi connectivity index (χ4n) is 4.08. The van der Waals surface area contributed by atoms with Crippen LogP contribution in [-0.4, -0.2) is 68.5 Å². The van der Waals surface area contributed by atoms with Gasteiger partial charge in [0.2, 0.25) is 11.8 Å². The molecule has 8 heteroatoms. The normalized spacial score (nSPS) is 20.8. The Balaban J connectivity index is 1.37. The van der Waals surface area contributed by atoms with E-state index in [4.69, 9.17) is 0 Å². The minimum absolute atomic E-state index is 0.116.